The van der Waals surface area contributed by atoms with Gasteiger partial charge in [0.25, 0.3) is 5.82 Å². The van der Waals surface area contributed by atoms with E-state index >= 15 is 0 Å². The van der Waals surface area contributed by atoms with Gasteiger partial charge in [-0.2, -0.15) is 0 Å². The van der Waals surface area contributed by atoms with Crippen LogP contribution in [0.2, 0.25) is 0 Å². The molecule has 1 N–H and O–H groups in total. The number of aromatic amines is 1. The molecule has 0 aromatic carbocycles. The predicted molar refractivity (Wildman–Crippen MR) is 161 cm³/mol. The summed E-state index contributed by atoms with van der Waals surface area (Å²) in [6.45, 7) is 9.40. The predicted octanol–water partition coefficient (Wildman–Crippen LogP) is 11.8. The number of rotatable bonds is 27. The van der Waals surface area contributed by atoms with E-state index in [1.54, 1.807) is 0 Å². The summed E-state index contributed by atoms with van der Waals surface area (Å²) in [5, 5.41) is 0. The van der Waals surface area contributed by atoms with E-state index in [-0.39, 0.29) is 0 Å². The zero-order chi connectivity index (χ0) is 26.1. The van der Waals surface area contributed by atoms with Crippen LogP contribution in [0.5, 0.6) is 0 Å². The molecule has 0 amide bonds. The molecule has 0 aliphatic rings. The highest BCUT2D eigenvalue weighted by molar-refractivity contribution is 4.90. The van der Waals surface area contributed by atoms with Gasteiger partial charge in [0, 0.05) is 0 Å². The Hall–Kier alpha value is -0.790. The van der Waals surface area contributed by atoms with Crippen LogP contribution in [0.1, 0.15) is 206 Å². The first kappa shape index (κ1) is 33.2. The Bertz CT molecular complexity index is 563. The lowest BCUT2D eigenvalue weighted by molar-refractivity contribution is -0.727. The summed E-state index contributed by atoms with van der Waals surface area (Å²) in [5.41, 5.74) is 0. The van der Waals surface area contributed by atoms with Crippen LogP contribution in [0.15, 0.2) is 12.4 Å². The van der Waals surface area contributed by atoms with Gasteiger partial charge >= 0.3 is 0 Å². The second kappa shape index (κ2) is 24.5. The van der Waals surface area contributed by atoms with Gasteiger partial charge in [-0.1, -0.05) is 156 Å². The van der Waals surface area contributed by atoms with Crippen LogP contribution < -0.4 is 4.57 Å². The Balaban J connectivity index is 2.21. The maximum Gasteiger partial charge on any atom is 0.257 e. The molecule has 212 valence electrons. The fourth-order valence-corrected chi connectivity index (χ4v) is 5.96. The van der Waals surface area contributed by atoms with Crippen molar-refractivity contribution in [3.05, 3.63) is 18.2 Å². The van der Waals surface area contributed by atoms with Crippen LogP contribution in [-0.4, -0.2) is 4.98 Å². The fraction of sp³-hybridized carbons (Fsp3) is 0.912. The van der Waals surface area contributed by atoms with E-state index in [1.807, 2.05) is 0 Å². The molecule has 1 rings (SSSR count). The van der Waals surface area contributed by atoms with E-state index in [0.29, 0.717) is 12.0 Å². The molecule has 2 heteroatoms. The average Bonchev–Trinajstić information content (AvgIpc) is 3.37. The quantitative estimate of drug-likeness (QED) is 0.0909. The average molecular weight is 504 g/mol. The smallest absolute Gasteiger partial charge is 0.247 e. The highest BCUT2D eigenvalue weighted by Crippen LogP contribution is 2.26. The number of hydrogen-bond donors (Lipinski definition) is 1. The lowest BCUT2D eigenvalue weighted by Crippen LogP contribution is -2.41. The van der Waals surface area contributed by atoms with E-state index in [2.05, 4.69) is 49.6 Å². The lowest BCUT2D eigenvalue weighted by atomic mass is 9.94. The number of nitrogens with zero attached hydrogens (tertiary/aromatic N) is 1. The standard InChI is InChI=1S/C34H66N2/c1-5-8-10-12-14-16-17-18-20-22-24-26-29-33(27-7-3)34-35-30-31-36(34)32(4)28-25-23-21-19-15-13-11-9-6-2/h30-33H,5-29H2,1-4H3/p+1. The van der Waals surface area contributed by atoms with E-state index in [0.717, 1.165) is 0 Å². The van der Waals surface area contributed by atoms with Crippen LogP contribution in [0, 0.1) is 0 Å². The molecule has 1 heterocycles. The van der Waals surface area contributed by atoms with Crippen molar-refractivity contribution in [1.82, 2.24) is 4.98 Å². The first-order chi connectivity index (χ1) is 17.7. The minimum Gasteiger partial charge on any atom is -0.247 e. The van der Waals surface area contributed by atoms with E-state index < -0.39 is 0 Å². The Labute approximate surface area is 227 Å². The van der Waals surface area contributed by atoms with Crippen molar-refractivity contribution in [3.63, 3.8) is 0 Å². The monoisotopic (exact) mass is 504 g/mol. The van der Waals surface area contributed by atoms with E-state index in [1.165, 1.54) is 166 Å². The van der Waals surface area contributed by atoms with Gasteiger partial charge in [0.1, 0.15) is 12.4 Å². The summed E-state index contributed by atoms with van der Waals surface area (Å²) in [5.74, 6) is 2.21. The first-order valence-corrected chi connectivity index (χ1v) is 16.8. The molecule has 2 atom stereocenters. The maximum absolute atomic E-state index is 3.66. The van der Waals surface area contributed by atoms with Gasteiger partial charge in [0.15, 0.2) is 0 Å². The molecule has 0 saturated carbocycles. The number of aromatic nitrogens is 2. The molecule has 36 heavy (non-hydrogen) atoms. The van der Waals surface area contributed by atoms with E-state index in [9.17, 15) is 0 Å². The number of H-pyrrole nitrogens is 1. The van der Waals surface area contributed by atoms with Crippen LogP contribution in [0.3, 0.4) is 0 Å². The fourth-order valence-electron chi connectivity index (χ4n) is 5.96. The maximum atomic E-state index is 3.66. The topological polar surface area (TPSA) is 19.7 Å². The SMILES string of the molecule is CCCCCCCCCCCCCCC(CCC)c1[nH]cc[n+]1C(C)CCCCCCCCCCC. The van der Waals surface area contributed by atoms with E-state index in [4.69, 9.17) is 0 Å². The minimum absolute atomic E-state index is 0.622. The van der Waals surface area contributed by atoms with Gasteiger partial charge in [0.2, 0.25) is 0 Å². The normalized spacial score (nSPS) is 13.3. The van der Waals surface area contributed by atoms with Gasteiger partial charge < -0.3 is 0 Å². The van der Waals surface area contributed by atoms with Crippen LogP contribution in [0.4, 0.5) is 0 Å². The zero-order valence-electron chi connectivity index (χ0n) is 25.4. The molecular formula is C34H67N2+. The molecule has 0 saturated heterocycles. The molecule has 2 unspecified atom stereocenters. The van der Waals surface area contributed by atoms with Crippen molar-refractivity contribution < 1.29 is 4.57 Å². The number of imidazole rings is 1. The first-order valence-electron chi connectivity index (χ1n) is 16.8. The summed E-state index contributed by atoms with van der Waals surface area (Å²) in [6, 6.07) is 0.622. The highest BCUT2D eigenvalue weighted by Gasteiger charge is 2.24. The second-order valence-corrected chi connectivity index (χ2v) is 11.9. The Morgan fingerprint density at radius 1 is 0.528 bits per heavy atom. The molecule has 1 aromatic rings. The van der Waals surface area contributed by atoms with Crippen LogP contribution >= 0.6 is 0 Å². The third-order valence-electron chi connectivity index (χ3n) is 8.37. The van der Waals surface area contributed by atoms with Gasteiger partial charge in [-0.15, -0.1) is 0 Å². The van der Waals surface area contributed by atoms with Crippen molar-refractivity contribution in [3.8, 4) is 0 Å². The molecule has 0 fully saturated rings. The second-order valence-electron chi connectivity index (χ2n) is 11.9. The third-order valence-corrected chi connectivity index (χ3v) is 8.37. The minimum atomic E-state index is 0.622. The van der Waals surface area contributed by atoms with Gasteiger partial charge in [0.05, 0.1) is 12.0 Å². The molecule has 0 spiro atoms. The Morgan fingerprint density at radius 3 is 1.39 bits per heavy atom. The summed E-state index contributed by atoms with van der Waals surface area (Å²) >= 11 is 0. The molecular weight excluding hydrogens is 436 g/mol. The van der Waals surface area contributed by atoms with Crippen LogP contribution in [0.25, 0.3) is 0 Å². The summed E-state index contributed by atoms with van der Waals surface area (Å²) in [6.07, 6.45) is 39.8. The van der Waals surface area contributed by atoms with Crippen molar-refractivity contribution in [2.75, 3.05) is 0 Å². The Kier molecular flexibility index (Phi) is 22.7. The lowest BCUT2D eigenvalue weighted by Gasteiger charge is -2.16. The highest BCUT2D eigenvalue weighted by atomic mass is 15.1. The van der Waals surface area contributed by atoms with Crippen molar-refractivity contribution in [2.24, 2.45) is 0 Å². The zero-order valence-corrected chi connectivity index (χ0v) is 25.4. The Morgan fingerprint density at radius 2 is 0.944 bits per heavy atom. The molecule has 0 bridgehead atoms. The van der Waals surface area contributed by atoms with Crippen molar-refractivity contribution in [2.45, 2.75) is 200 Å². The molecule has 0 radical (unpaired) electrons. The van der Waals surface area contributed by atoms with Gasteiger partial charge in [-0.3, -0.25) is 0 Å². The third kappa shape index (κ3) is 16.9. The molecule has 0 aliphatic heterocycles. The summed E-state index contributed by atoms with van der Waals surface area (Å²) in [4.78, 5) is 3.66. The van der Waals surface area contributed by atoms with Crippen LogP contribution in [-0.2, 0) is 0 Å². The number of unbranched alkanes of at least 4 members (excludes halogenated alkanes) is 19. The number of nitrogens with one attached hydrogen (secondary N) is 1. The molecule has 0 aliphatic carbocycles. The molecule has 2 nitrogen and oxygen atoms in total. The number of hydrogen-bond acceptors (Lipinski definition) is 0. The summed E-state index contributed by atoms with van der Waals surface area (Å²) < 4.78 is 2.59. The van der Waals surface area contributed by atoms with Gasteiger partial charge in [-0.25, -0.2) is 9.55 Å². The van der Waals surface area contributed by atoms with Crippen molar-refractivity contribution in [1.29, 1.82) is 0 Å². The largest absolute Gasteiger partial charge is 0.257 e. The molecule has 1 aromatic heterocycles. The van der Waals surface area contributed by atoms with Gasteiger partial charge in [-0.05, 0) is 32.6 Å². The van der Waals surface area contributed by atoms with Crippen molar-refractivity contribution >= 4 is 0 Å². The summed E-state index contributed by atoms with van der Waals surface area (Å²) in [7, 11) is 0.